The lowest BCUT2D eigenvalue weighted by Crippen LogP contribution is -2.39. The summed E-state index contributed by atoms with van der Waals surface area (Å²) in [5, 5.41) is 6.56. The molecule has 26 heavy (non-hydrogen) atoms. The van der Waals surface area contributed by atoms with Crippen LogP contribution in [-0.2, 0) is 16.1 Å². The molecular weight excluding hydrogens is 348 g/mol. The van der Waals surface area contributed by atoms with E-state index in [1.54, 1.807) is 11.3 Å². The first-order valence-electron chi connectivity index (χ1n) is 8.49. The smallest absolute Gasteiger partial charge is 0.243 e. The van der Waals surface area contributed by atoms with Crippen molar-refractivity contribution in [3.05, 3.63) is 44.9 Å². The van der Waals surface area contributed by atoms with Crippen LogP contribution in [0.4, 0.5) is 5.69 Å². The van der Waals surface area contributed by atoms with E-state index < -0.39 is 0 Å². The minimum absolute atomic E-state index is 0.0426. The summed E-state index contributed by atoms with van der Waals surface area (Å²) in [6, 6.07) is 4.05. The molecule has 0 aliphatic rings. The van der Waals surface area contributed by atoms with Crippen LogP contribution < -0.4 is 10.6 Å². The van der Waals surface area contributed by atoms with Gasteiger partial charge in [-0.25, -0.2) is 4.98 Å². The quantitative estimate of drug-likeness (QED) is 0.781. The number of nitrogens with one attached hydrogen (secondary N) is 2. The summed E-state index contributed by atoms with van der Waals surface area (Å²) in [6.45, 7) is 8.75. The molecule has 1 heterocycles. The zero-order valence-electron chi connectivity index (χ0n) is 16.0. The average molecular weight is 375 g/mol. The van der Waals surface area contributed by atoms with Gasteiger partial charge in [0.25, 0.3) is 0 Å². The molecule has 140 valence electrons. The molecule has 2 N–H and O–H groups in total. The first-order chi connectivity index (χ1) is 12.2. The Labute approximate surface area is 158 Å². The highest BCUT2D eigenvalue weighted by molar-refractivity contribution is 7.11. The number of amides is 2. The van der Waals surface area contributed by atoms with Gasteiger partial charge in [-0.1, -0.05) is 17.7 Å². The molecule has 0 spiro atoms. The Bertz CT molecular complexity index is 778. The number of benzene rings is 1. The lowest BCUT2D eigenvalue weighted by molar-refractivity contribution is -0.124. The van der Waals surface area contributed by atoms with Gasteiger partial charge in [0.15, 0.2) is 0 Å². The van der Waals surface area contributed by atoms with Gasteiger partial charge in [-0.3, -0.25) is 14.5 Å². The van der Waals surface area contributed by atoms with Crippen LogP contribution in [0.5, 0.6) is 0 Å². The second kappa shape index (κ2) is 8.91. The number of hydrogen-bond acceptors (Lipinski definition) is 5. The van der Waals surface area contributed by atoms with Gasteiger partial charge in [-0.15, -0.1) is 11.3 Å². The second-order valence-corrected chi connectivity index (χ2v) is 7.94. The van der Waals surface area contributed by atoms with E-state index in [0.29, 0.717) is 6.54 Å². The van der Waals surface area contributed by atoms with Crippen molar-refractivity contribution in [3.8, 4) is 0 Å². The summed E-state index contributed by atoms with van der Waals surface area (Å²) in [5.41, 5.74) is 4.00. The van der Waals surface area contributed by atoms with Crippen molar-refractivity contribution < 1.29 is 9.59 Å². The number of thiazole rings is 1. The Hall–Kier alpha value is -2.25. The van der Waals surface area contributed by atoms with Gasteiger partial charge >= 0.3 is 0 Å². The number of nitrogens with zero attached hydrogens (tertiary/aromatic N) is 2. The van der Waals surface area contributed by atoms with Gasteiger partial charge in [-0.2, -0.15) is 0 Å². The summed E-state index contributed by atoms with van der Waals surface area (Å²) in [4.78, 5) is 31.4. The molecule has 2 rings (SSSR count). The Morgan fingerprint density at radius 1 is 1.12 bits per heavy atom. The molecule has 0 atom stereocenters. The first-order valence-corrected chi connectivity index (χ1v) is 9.30. The summed E-state index contributed by atoms with van der Waals surface area (Å²) in [6.07, 6.45) is 1.83. The Kier molecular flexibility index (Phi) is 6.88. The number of rotatable bonds is 7. The molecule has 0 aliphatic carbocycles. The summed E-state index contributed by atoms with van der Waals surface area (Å²) in [7, 11) is 1.87. The molecule has 1 aromatic heterocycles. The predicted octanol–water partition coefficient (Wildman–Crippen LogP) is 2.56. The molecule has 0 unspecified atom stereocenters. The van der Waals surface area contributed by atoms with Crippen molar-refractivity contribution in [2.75, 3.05) is 25.5 Å². The Morgan fingerprint density at radius 3 is 2.35 bits per heavy atom. The molecule has 0 radical (unpaired) electrons. The van der Waals surface area contributed by atoms with Crippen LogP contribution in [0.15, 0.2) is 18.3 Å². The fraction of sp³-hybridized carbons (Fsp3) is 0.421. The Morgan fingerprint density at radius 2 is 1.77 bits per heavy atom. The van der Waals surface area contributed by atoms with E-state index >= 15 is 0 Å². The molecular formula is C19H26N4O2S. The highest BCUT2D eigenvalue weighted by Gasteiger charge is 2.12. The fourth-order valence-electron chi connectivity index (χ4n) is 2.84. The molecule has 2 amide bonds. The van der Waals surface area contributed by atoms with E-state index in [9.17, 15) is 9.59 Å². The Balaban J connectivity index is 1.79. The van der Waals surface area contributed by atoms with Gasteiger partial charge in [-0.05, 0) is 45.9 Å². The van der Waals surface area contributed by atoms with Crippen molar-refractivity contribution in [1.29, 1.82) is 0 Å². The summed E-state index contributed by atoms with van der Waals surface area (Å²) >= 11 is 1.62. The van der Waals surface area contributed by atoms with Crippen molar-refractivity contribution in [2.24, 2.45) is 0 Å². The predicted molar refractivity (Wildman–Crippen MR) is 105 cm³/mol. The molecule has 6 nitrogen and oxygen atoms in total. The third kappa shape index (κ3) is 5.93. The van der Waals surface area contributed by atoms with Crippen LogP contribution in [0.25, 0.3) is 0 Å². The first kappa shape index (κ1) is 20.1. The zero-order chi connectivity index (χ0) is 19.3. The van der Waals surface area contributed by atoms with Crippen molar-refractivity contribution >= 4 is 28.8 Å². The van der Waals surface area contributed by atoms with Gasteiger partial charge in [0.2, 0.25) is 11.8 Å². The zero-order valence-corrected chi connectivity index (χ0v) is 16.8. The number of aromatic nitrogens is 1. The number of aryl methyl sites for hydroxylation is 4. The van der Waals surface area contributed by atoms with E-state index in [2.05, 4.69) is 15.6 Å². The van der Waals surface area contributed by atoms with E-state index in [0.717, 1.165) is 32.3 Å². The molecule has 0 saturated heterocycles. The number of carbonyl (C=O) groups is 2. The molecule has 0 fully saturated rings. The van der Waals surface area contributed by atoms with Gasteiger partial charge < -0.3 is 10.6 Å². The number of likely N-dealkylation sites (N-methyl/N-ethyl adjacent to an activating group) is 1. The topological polar surface area (TPSA) is 74.3 Å². The monoisotopic (exact) mass is 374 g/mol. The lowest BCUT2D eigenvalue weighted by atomic mass is 10.1. The summed E-state index contributed by atoms with van der Waals surface area (Å²) < 4.78 is 0. The highest BCUT2D eigenvalue weighted by atomic mass is 32.1. The molecule has 7 heteroatoms. The van der Waals surface area contributed by atoms with E-state index in [4.69, 9.17) is 0 Å². The maximum absolute atomic E-state index is 12.1. The fourth-order valence-corrected chi connectivity index (χ4v) is 3.72. The number of anilines is 1. The van der Waals surface area contributed by atoms with Crippen LogP contribution >= 0.6 is 11.3 Å². The van der Waals surface area contributed by atoms with E-state index in [1.807, 2.05) is 58.0 Å². The molecule has 0 aliphatic heterocycles. The van der Waals surface area contributed by atoms with E-state index in [-0.39, 0.29) is 24.9 Å². The minimum atomic E-state index is -0.228. The van der Waals surface area contributed by atoms with Crippen LogP contribution in [0.1, 0.15) is 26.6 Å². The van der Waals surface area contributed by atoms with Crippen molar-refractivity contribution in [1.82, 2.24) is 15.2 Å². The third-order valence-electron chi connectivity index (χ3n) is 3.90. The number of carbonyl (C=O) groups excluding carboxylic acids is 2. The maximum Gasteiger partial charge on any atom is 0.243 e. The van der Waals surface area contributed by atoms with Crippen LogP contribution in [0, 0.1) is 27.7 Å². The SMILES string of the molecule is Cc1cc(C)c(NC(=O)CNC(=O)CN(C)Cc2cnc(C)s2)c(C)c1. The molecule has 2 aromatic rings. The van der Waals surface area contributed by atoms with Gasteiger partial charge in [0, 0.05) is 23.3 Å². The highest BCUT2D eigenvalue weighted by Crippen LogP contribution is 2.21. The average Bonchev–Trinajstić information content (AvgIpc) is 2.93. The van der Waals surface area contributed by atoms with E-state index in [1.165, 1.54) is 0 Å². The van der Waals surface area contributed by atoms with Crippen LogP contribution in [0.2, 0.25) is 0 Å². The van der Waals surface area contributed by atoms with Crippen LogP contribution in [-0.4, -0.2) is 41.8 Å². The standard InChI is InChI=1S/C19H26N4O2S/c1-12-6-13(2)19(14(3)7-12)22-17(24)9-21-18(25)11-23(5)10-16-8-20-15(4)26-16/h6-8H,9-11H2,1-5H3,(H,21,25)(H,22,24). The lowest BCUT2D eigenvalue weighted by Gasteiger charge is -2.16. The molecule has 0 saturated carbocycles. The normalized spacial score (nSPS) is 10.8. The third-order valence-corrected chi connectivity index (χ3v) is 4.79. The van der Waals surface area contributed by atoms with Gasteiger partial charge in [0.1, 0.15) is 0 Å². The van der Waals surface area contributed by atoms with Crippen molar-refractivity contribution in [2.45, 2.75) is 34.2 Å². The summed E-state index contributed by atoms with van der Waals surface area (Å²) in [5.74, 6) is -0.407. The minimum Gasteiger partial charge on any atom is -0.346 e. The second-order valence-electron chi connectivity index (χ2n) is 6.62. The maximum atomic E-state index is 12.1. The molecule has 1 aromatic carbocycles. The van der Waals surface area contributed by atoms with Gasteiger partial charge in [0.05, 0.1) is 18.1 Å². The number of hydrogen-bond donors (Lipinski definition) is 2. The molecule has 0 bridgehead atoms. The van der Waals surface area contributed by atoms with Crippen LogP contribution in [0.3, 0.4) is 0 Å². The largest absolute Gasteiger partial charge is 0.346 e. The van der Waals surface area contributed by atoms with Crippen molar-refractivity contribution in [3.63, 3.8) is 0 Å².